The third-order valence-electron chi connectivity index (χ3n) is 3.83. The van der Waals surface area contributed by atoms with Crippen LogP contribution in [0.25, 0.3) is 0 Å². The van der Waals surface area contributed by atoms with Gasteiger partial charge in [-0.2, -0.15) is 0 Å². The molecule has 0 saturated heterocycles. The molecule has 3 rings (SSSR count). The summed E-state index contributed by atoms with van der Waals surface area (Å²) in [6.45, 7) is 1.50. The Labute approximate surface area is 95.5 Å². The van der Waals surface area contributed by atoms with Gasteiger partial charge in [0.1, 0.15) is 0 Å². The molecule has 86 valence electrons. The van der Waals surface area contributed by atoms with Crippen LogP contribution in [0.4, 0.5) is 0 Å². The lowest BCUT2D eigenvalue weighted by atomic mass is 9.93. The van der Waals surface area contributed by atoms with Crippen LogP contribution in [0, 0.1) is 0 Å². The van der Waals surface area contributed by atoms with Gasteiger partial charge in [-0.25, -0.2) is 0 Å². The number of hydrogen-bond acceptors (Lipinski definition) is 3. The number of benzene rings is 1. The maximum absolute atomic E-state index is 5.87. The molecule has 3 heteroatoms. The van der Waals surface area contributed by atoms with Gasteiger partial charge in [-0.15, -0.1) is 0 Å². The summed E-state index contributed by atoms with van der Waals surface area (Å²) in [5, 5.41) is 0. The molecule has 1 saturated carbocycles. The van der Waals surface area contributed by atoms with E-state index in [4.69, 9.17) is 15.2 Å². The molecular weight excluding hydrogens is 202 g/mol. The summed E-state index contributed by atoms with van der Waals surface area (Å²) in [5.41, 5.74) is 8.69. The van der Waals surface area contributed by atoms with Gasteiger partial charge in [-0.1, -0.05) is 6.07 Å². The zero-order valence-electron chi connectivity index (χ0n) is 9.58. The Morgan fingerprint density at radius 1 is 1.44 bits per heavy atom. The van der Waals surface area contributed by atoms with Crippen molar-refractivity contribution in [3.8, 4) is 11.5 Å². The predicted molar refractivity (Wildman–Crippen MR) is 62.2 cm³/mol. The molecule has 1 aromatic rings. The zero-order valence-corrected chi connectivity index (χ0v) is 9.58. The van der Waals surface area contributed by atoms with Gasteiger partial charge >= 0.3 is 0 Å². The van der Waals surface area contributed by atoms with Crippen molar-refractivity contribution in [2.24, 2.45) is 5.73 Å². The van der Waals surface area contributed by atoms with Gasteiger partial charge in [-0.05, 0) is 24.5 Å². The van der Waals surface area contributed by atoms with E-state index in [1.54, 1.807) is 7.11 Å². The van der Waals surface area contributed by atoms with Crippen molar-refractivity contribution in [3.05, 3.63) is 23.3 Å². The number of fused-ring (bicyclic) bond motifs is 1. The van der Waals surface area contributed by atoms with E-state index in [2.05, 4.69) is 12.1 Å². The van der Waals surface area contributed by atoms with E-state index < -0.39 is 0 Å². The minimum Gasteiger partial charge on any atom is -0.493 e. The molecule has 0 spiro atoms. The second kappa shape index (κ2) is 3.39. The molecular formula is C13H17NO2. The molecule has 16 heavy (non-hydrogen) atoms. The van der Waals surface area contributed by atoms with Gasteiger partial charge in [-0.3, -0.25) is 0 Å². The Bertz CT molecular complexity index is 424. The van der Waals surface area contributed by atoms with E-state index in [-0.39, 0.29) is 5.41 Å². The highest BCUT2D eigenvalue weighted by Gasteiger charge is 2.43. The van der Waals surface area contributed by atoms with Crippen LogP contribution < -0.4 is 15.2 Å². The second-order valence-corrected chi connectivity index (χ2v) is 4.75. The van der Waals surface area contributed by atoms with Crippen LogP contribution >= 0.6 is 0 Å². The molecule has 1 aliphatic carbocycles. The third-order valence-corrected chi connectivity index (χ3v) is 3.83. The van der Waals surface area contributed by atoms with Gasteiger partial charge in [0.25, 0.3) is 0 Å². The summed E-state index contributed by atoms with van der Waals surface area (Å²) in [7, 11) is 1.70. The van der Waals surface area contributed by atoms with Crippen LogP contribution in [0.1, 0.15) is 24.0 Å². The topological polar surface area (TPSA) is 44.5 Å². The molecule has 2 N–H and O–H groups in total. The monoisotopic (exact) mass is 219 g/mol. The maximum atomic E-state index is 5.87. The fraction of sp³-hybridized carbons (Fsp3) is 0.538. The summed E-state index contributed by atoms with van der Waals surface area (Å²) < 4.78 is 11.0. The molecule has 0 aromatic heterocycles. The Morgan fingerprint density at radius 3 is 2.88 bits per heavy atom. The lowest BCUT2D eigenvalue weighted by Gasteiger charge is -2.16. The van der Waals surface area contributed by atoms with E-state index in [0.717, 1.165) is 31.1 Å². The van der Waals surface area contributed by atoms with Crippen LogP contribution in [0.5, 0.6) is 11.5 Å². The number of hydrogen-bond donors (Lipinski definition) is 1. The quantitative estimate of drug-likeness (QED) is 0.840. The third kappa shape index (κ3) is 1.31. The van der Waals surface area contributed by atoms with Crippen molar-refractivity contribution in [1.82, 2.24) is 0 Å². The van der Waals surface area contributed by atoms with Crippen molar-refractivity contribution < 1.29 is 9.47 Å². The number of ether oxygens (including phenoxy) is 2. The van der Waals surface area contributed by atoms with E-state index in [0.29, 0.717) is 0 Å². The van der Waals surface area contributed by atoms with E-state index in [9.17, 15) is 0 Å². The Morgan fingerprint density at radius 2 is 2.25 bits per heavy atom. The smallest absolute Gasteiger partial charge is 0.164 e. The van der Waals surface area contributed by atoms with Gasteiger partial charge in [0, 0.05) is 23.9 Å². The molecule has 0 radical (unpaired) electrons. The minimum absolute atomic E-state index is 0.227. The van der Waals surface area contributed by atoms with Crippen LogP contribution in [0.3, 0.4) is 0 Å². The van der Waals surface area contributed by atoms with Crippen LogP contribution in [0.15, 0.2) is 12.1 Å². The van der Waals surface area contributed by atoms with E-state index in [1.807, 2.05) is 0 Å². The SMILES string of the molecule is COc1cc(C2(CN)CC2)cc2c1OCC2. The van der Waals surface area contributed by atoms with Crippen molar-refractivity contribution >= 4 is 0 Å². The summed E-state index contributed by atoms with van der Waals surface area (Å²) in [4.78, 5) is 0. The largest absolute Gasteiger partial charge is 0.493 e. The van der Waals surface area contributed by atoms with Crippen LogP contribution in [0.2, 0.25) is 0 Å². The summed E-state index contributed by atoms with van der Waals surface area (Å²) in [6.07, 6.45) is 3.39. The summed E-state index contributed by atoms with van der Waals surface area (Å²) >= 11 is 0. The lowest BCUT2D eigenvalue weighted by molar-refractivity contribution is 0.326. The van der Waals surface area contributed by atoms with Gasteiger partial charge in [0.2, 0.25) is 0 Å². The van der Waals surface area contributed by atoms with Crippen molar-refractivity contribution in [2.45, 2.75) is 24.7 Å². The summed E-state index contributed by atoms with van der Waals surface area (Å²) in [5.74, 6) is 1.80. The van der Waals surface area contributed by atoms with Gasteiger partial charge in [0.15, 0.2) is 11.5 Å². The fourth-order valence-electron chi connectivity index (χ4n) is 2.49. The number of nitrogens with two attached hydrogens (primary N) is 1. The predicted octanol–water partition coefficient (Wildman–Crippen LogP) is 1.62. The average Bonchev–Trinajstić information content (AvgIpc) is 2.99. The lowest BCUT2D eigenvalue weighted by Crippen LogP contribution is -2.19. The molecule has 3 nitrogen and oxygen atoms in total. The standard InChI is InChI=1S/C13H17NO2/c1-15-11-7-10(13(8-14)3-4-13)6-9-2-5-16-12(9)11/h6-7H,2-5,8,14H2,1H3. The highest BCUT2D eigenvalue weighted by atomic mass is 16.5. The first kappa shape index (κ1) is 9.97. The first-order chi connectivity index (χ1) is 7.79. The second-order valence-electron chi connectivity index (χ2n) is 4.75. The Hall–Kier alpha value is -1.22. The number of methoxy groups -OCH3 is 1. The molecule has 0 unspecified atom stereocenters. The summed E-state index contributed by atoms with van der Waals surface area (Å²) in [6, 6.07) is 4.36. The van der Waals surface area contributed by atoms with E-state index >= 15 is 0 Å². The van der Waals surface area contributed by atoms with E-state index in [1.165, 1.54) is 24.0 Å². The molecule has 0 amide bonds. The Balaban J connectivity index is 2.08. The first-order valence-corrected chi connectivity index (χ1v) is 5.83. The minimum atomic E-state index is 0.227. The fourth-order valence-corrected chi connectivity index (χ4v) is 2.49. The first-order valence-electron chi connectivity index (χ1n) is 5.83. The van der Waals surface area contributed by atoms with Crippen molar-refractivity contribution in [3.63, 3.8) is 0 Å². The Kier molecular flexibility index (Phi) is 2.11. The molecule has 1 fully saturated rings. The molecule has 0 atom stereocenters. The van der Waals surface area contributed by atoms with Crippen molar-refractivity contribution in [2.75, 3.05) is 20.3 Å². The zero-order chi connectivity index (χ0) is 11.2. The number of rotatable bonds is 3. The molecule has 2 aliphatic rings. The highest BCUT2D eigenvalue weighted by Crippen LogP contribution is 2.50. The highest BCUT2D eigenvalue weighted by molar-refractivity contribution is 5.54. The normalized spacial score (nSPS) is 20.1. The maximum Gasteiger partial charge on any atom is 0.164 e. The molecule has 1 aliphatic heterocycles. The van der Waals surface area contributed by atoms with Crippen LogP contribution in [-0.2, 0) is 11.8 Å². The average molecular weight is 219 g/mol. The van der Waals surface area contributed by atoms with Crippen LogP contribution in [-0.4, -0.2) is 20.3 Å². The van der Waals surface area contributed by atoms with Gasteiger partial charge in [0.05, 0.1) is 13.7 Å². The van der Waals surface area contributed by atoms with Crippen molar-refractivity contribution in [1.29, 1.82) is 0 Å². The molecule has 0 bridgehead atoms. The molecule has 1 aromatic carbocycles. The molecule has 1 heterocycles. The van der Waals surface area contributed by atoms with Gasteiger partial charge < -0.3 is 15.2 Å².